The summed E-state index contributed by atoms with van der Waals surface area (Å²) < 4.78 is 0. The molecule has 1 aliphatic heterocycles. The minimum absolute atomic E-state index is 0.0311. The molecule has 1 fully saturated rings. The van der Waals surface area contributed by atoms with E-state index in [0.717, 1.165) is 11.1 Å². The topological polar surface area (TPSA) is 69.6 Å². The van der Waals surface area contributed by atoms with E-state index in [0.29, 0.717) is 39.0 Å². The zero-order valence-corrected chi connectivity index (χ0v) is 14.7. The van der Waals surface area contributed by atoms with Crippen molar-refractivity contribution in [1.82, 2.24) is 10.2 Å². The van der Waals surface area contributed by atoms with E-state index in [-0.39, 0.29) is 5.91 Å². The van der Waals surface area contributed by atoms with Crippen molar-refractivity contribution in [2.75, 3.05) is 19.6 Å². The molecule has 0 aliphatic carbocycles. The number of aliphatic carboxylic acids is 1. The molecule has 2 aromatic rings. The van der Waals surface area contributed by atoms with Gasteiger partial charge in [0.2, 0.25) is 5.91 Å². The number of carbonyl (C=O) groups is 2. The summed E-state index contributed by atoms with van der Waals surface area (Å²) in [6.07, 6.45) is 1.02. The lowest BCUT2D eigenvalue weighted by Crippen LogP contribution is -2.49. The molecule has 2 aromatic carbocycles. The molecule has 2 N–H and O–H groups in total. The summed E-state index contributed by atoms with van der Waals surface area (Å²) in [5.74, 6) is -0.812. The highest BCUT2D eigenvalue weighted by molar-refractivity contribution is 5.82. The number of nitrogens with one attached hydrogen (secondary N) is 1. The van der Waals surface area contributed by atoms with E-state index in [9.17, 15) is 14.7 Å². The summed E-state index contributed by atoms with van der Waals surface area (Å²) in [7, 11) is 0. The van der Waals surface area contributed by atoms with Gasteiger partial charge in [0.05, 0.1) is 12.0 Å². The molecule has 0 radical (unpaired) electrons. The van der Waals surface area contributed by atoms with Gasteiger partial charge in [0, 0.05) is 19.6 Å². The molecule has 0 unspecified atom stereocenters. The van der Waals surface area contributed by atoms with Crippen LogP contribution in [0.4, 0.5) is 0 Å². The molecule has 5 heteroatoms. The Morgan fingerprint density at radius 2 is 1.54 bits per heavy atom. The molecule has 0 spiro atoms. The van der Waals surface area contributed by atoms with Crippen LogP contribution in [0.5, 0.6) is 0 Å². The van der Waals surface area contributed by atoms with E-state index in [1.807, 2.05) is 65.6 Å². The van der Waals surface area contributed by atoms with Crippen molar-refractivity contribution >= 4 is 11.9 Å². The number of hydrogen-bond acceptors (Lipinski definition) is 3. The van der Waals surface area contributed by atoms with E-state index in [1.165, 1.54) is 0 Å². The summed E-state index contributed by atoms with van der Waals surface area (Å²) in [5.41, 5.74) is 1.06. The largest absolute Gasteiger partial charge is 0.481 e. The van der Waals surface area contributed by atoms with Gasteiger partial charge in [-0.3, -0.25) is 14.5 Å². The van der Waals surface area contributed by atoms with Gasteiger partial charge in [0.25, 0.3) is 0 Å². The summed E-state index contributed by atoms with van der Waals surface area (Å²) >= 11 is 0. The molecule has 0 aromatic heterocycles. The molecule has 1 amide bonds. The molecule has 0 bridgehead atoms. The van der Waals surface area contributed by atoms with Gasteiger partial charge < -0.3 is 10.4 Å². The van der Waals surface area contributed by atoms with Crippen LogP contribution < -0.4 is 5.32 Å². The summed E-state index contributed by atoms with van der Waals surface area (Å²) in [5, 5.41) is 12.7. The molecular weight excluding hydrogens is 328 g/mol. The first-order valence-electron chi connectivity index (χ1n) is 8.92. The van der Waals surface area contributed by atoms with Gasteiger partial charge in [-0.25, -0.2) is 0 Å². The maximum Gasteiger partial charge on any atom is 0.314 e. The summed E-state index contributed by atoms with van der Waals surface area (Å²) in [6.45, 7) is 2.01. The third-order valence-electron chi connectivity index (χ3n) is 5.15. The van der Waals surface area contributed by atoms with Crippen LogP contribution in [-0.2, 0) is 21.5 Å². The van der Waals surface area contributed by atoms with Crippen LogP contribution in [0, 0.1) is 0 Å². The van der Waals surface area contributed by atoms with Crippen LogP contribution in [-0.4, -0.2) is 41.5 Å². The van der Waals surface area contributed by atoms with Gasteiger partial charge in [0.15, 0.2) is 0 Å². The van der Waals surface area contributed by atoms with Crippen molar-refractivity contribution < 1.29 is 14.7 Å². The Balaban J connectivity index is 1.54. The average Bonchev–Trinajstić information content (AvgIpc) is 2.68. The second-order valence-corrected chi connectivity index (χ2v) is 6.79. The van der Waals surface area contributed by atoms with Crippen molar-refractivity contribution in [3.05, 3.63) is 71.8 Å². The number of likely N-dealkylation sites (tertiary alicyclic amines) is 1. The third-order valence-corrected chi connectivity index (χ3v) is 5.15. The lowest BCUT2D eigenvalue weighted by Gasteiger charge is -2.39. The monoisotopic (exact) mass is 352 g/mol. The van der Waals surface area contributed by atoms with Crippen molar-refractivity contribution in [1.29, 1.82) is 0 Å². The summed E-state index contributed by atoms with van der Waals surface area (Å²) in [6, 6.07) is 19.2. The fourth-order valence-electron chi connectivity index (χ4n) is 3.53. The smallest absolute Gasteiger partial charge is 0.314 e. The molecule has 1 heterocycles. The zero-order valence-electron chi connectivity index (χ0n) is 14.7. The molecule has 1 aliphatic rings. The Kier molecular flexibility index (Phi) is 5.68. The number of carboxylic acids is 1. The van der Waals surface area contributed by atoms with Gasteiger partial charge >= 0.3 is 5.97 Å². The SMILES string of the molecule is O=C(CN1CCC(C(=O)O)(c2ccccc2)CC1)NCc1ccccc1. The van der Waals surface area contributed by atoms with Gasteiger partial charge in [-0.2, -0.15) is 0 Å². The van der Waals surface area contributed by atoms with Crippen LogP contribution in [0.15, 0.2) is 60.7 Å². The second kappa shape index (κ2) is 8.15. The average molecular weight is 352 g/mol. The quantitative estimate of drug-likeness (QED) is 0.838. The molecule has 3 rings (SSSR count). The Hall–Kier alpha value is -2.66. The highest BCUT2D eigenvalue weighted by Gasteiger charge is 2.43. The lowest BCUT2D eigenvalue weighted by atomic mass is 9.73. The highest BCUT2D eigenvalue weighted by atomic mass is 16.4. The molecule has 1 saturated heterocycles. The minimum atomic E-state index is -0.849. The van der Waals surface area contributed by atoms with E-state index in [1.54, 1.807) is 0 Å². The first kappa shape index (κ1) is 18.1. The highest BCUT2D eigenvalue weighted by Crippen LogP contribution is 2.35. The molecule has 0 saturated carbocycles. The third kappa shape index (κ3) is 4.11. The standard InChI is InChI=1S/C21H24N2O3/c24-19(22-15-17-7-3-1-4-8-17)16-23-13-11-21(12-14-23,20(25)26)18-9-5-2-6-10-18/h1-10H,11-16H2,(H,22,24)(H,25,26). The number of carboxylic acid groups (broad SMARTS) is 1. The number of amides is 1. The van der Waals surface area contributed by atoms with E-state index in [2.05, 4.69) is 5.32 Å². The maximum absolute atomic E-state index is 12.2. The lowest BCUT2D eigenvalue weighted by molar-refractivity contribution is -0.146. The predicted octanol–water partition coefficient (Wildman–Crippen LogP) is 2.42. The Bertz CT molecular complexity index is 738. The van der Waals surface area contributed by atoms with E-state index < -0.39 is 11.4 Å². The normalized spacial score (nSPS) is 16.8. The number of benzene rings is 2. The van der Waals surface area contributed by atoms with E-state index >= 15 is 0 Å². The van der Waals surface area contributed by atoms with Gasteiger partial charge in [-0.1, -0.05) is 60.7 Å². The Morgan fingerprint density at radius 3 is 2.12 bits per heavy atom. The van der Waals surface area contributed by atoms with Crippen molar-refractivity contribution in [3.63, 3.8) is 0 Å². The number of hydrogen-bond donors (Lipinski definition) is 2. The predicted molar refractivity (Wildman–Crippen MR) is 99.7 cm³/mol. The molecule has 136 valence electrons. The van der Waals surface area contributed by atoms with Crippen LogP contribution in [0.3, 0.4) is 0 Å². The number of piperidine rings is 1. The molecule has 26 heavy (non-hydrogen) atoms. The zero-order chi connectivity index (χ0) is 18.4. The van der Waals surface area contributed by atoms with Gasteiger partial charge in [-0.15, -0.1) is 0 Å². The first-order valence-corrected chi connectivity index (χ1v) is 8.92. The van der Waals surface area contributed by atoms with Crippen LogP contribution >= 0.6 is 0 Å². The first-order chi connectivity index (χ1) is 12.6. The minimum Gasteiger partial charge on any atom is -0.481 e. The fourth-order valence-corrected chi connectivity index (χ4v) is 3.53. The van der Waals surface area contributed by atoms with Gasteiger partial charge in [0.1, 0.15) is 0 Å². The van der Waals surface area contributed by atoms with Crippen molar-refractivity contribution in [2.24, 2.45) is 0 Å². The Morgan fingerprint density at radius 1 is 0.962 bits per heavy atom. The van der Waals surface area contributed by atoms with Crippen molar-refractivity contribution in [2.45, 2.75) is 24.8 Å². The van der Waals surface area contributed by atoms with Crippen LogP contribution in [0.25, 0.3) is 0 Å². The number of carbonyl (C=O) groups excluding carboxylic acids is 1. The Labute approximate surface area is 153 Å². The molecular formula is C21H24N2O3. The second-order valence-electron chi connectivity index (χ2n) is 6.79. The van der Waals surface area contributed by atoms with Crippen molar-refractivity contribution in [3.8, 4) is 0 Å². The number of nitrogens with zero attached hydrogens (tertiary/aromatic N) is 1. The van der Waals surface area contributed by atoms with Crippen LogP contribution in [0.1, 0.15) is 24.0 Å². The fraction of sp³-hybridized carbons (Fsp3) is 0.333. The van der Waals surface area contributed by atoms with Crippen LogP contribution in [0.2, 0.25) is 0 Å². The number of rotatable bonds is 6. The van der Waals surface area contributed by atoms with Gasteiger partial charge in [-0.05, 0) is 24.0 Å². The molecule has 5 nitrogen and oxygen atoms in total. The summed E-state index contributed by atoms with van der Waals surface area (Å²) in [4.78, 5) is 26.2. The molecule has 0 atom stereocenters. The van der Waals surface area contributed by atoms with E-state index in [4.69, 9.17) is 0 Å². The maximum atomic E-state index is 12.2.